The van der Waals surface area contributed by atoms with Crippen molar-refractivity contribution in [2.24, 2.45) is 0 Å². The van der Waals surface area contributed by atoms with Crippen LogP contribution in [0.4, 0.5) is 8.78 Å². The number of likely N-dealkylation sites (tertiary alicyclic amines) is 1. The summed E-state index contributed by atoms with van der Waals surface area (Å²) < 4.78 is 26.5. The Morgan fingerprint density at radius 1 is 1.29 bits per heavy atom. The van der Waals surface area contributed by atoms with Crippen LogP contribution >= 0.6 is 0 Å². The van der Waals surface area contributed by atoms with Crippen molar-refractivity contribution in [3.05, 3.63) is 47.0 Å². The Labute approximate surface area is 161 Å². The number of aromatic amines is 1. The molecule has 7 nitrogen and oxygen atoms in total. The highest BCUT2D eigenvalue weighted by molar-refractivity contribution is 5.94. The van der Waals surface area contributed by atoms with Crippen molar-refractivity contribution in [3.8, 4) is 0 Å². The molecule has 1 aromatic heterocycles. The Morgan fingerprint density at radius 3 is 2.68 bits per heavy atom. The first-order chi connectivity index (χ1) is 13.5. The van der Waals surface area contributed by atoms with Gasteiger partial charge in [-0.15, -0.1) is 0 Å². The fourth-order valence-corrected chi connectivity index (χ4v) is 3.25. The average molecular weight is 391 g/mol. The minimum Gasteiger partial charge on any atom is -0.351 e. The van der Waals surface area contributed by atoms with Gasteiger partial charge in [-0.1, -0.05) is 6.92 Å². The molecule has 2 N–H and O–H groups in total. The Morgan fingerprint density at radius 2 is 2.04 bits per heavy atom. The van der Waals surface area contributed by atoms with Crippen molar-refractivity contribution >= 4 is 11.8 Å². The van der Waals surface area contributed by atoms with E-state index in [4.69, 9.17) is 0 Å². The van der Waals surface area contributed by atoms with Crippen molar-refractivity contribution < 1.29 is 18.4 Å². The fourth-order valence-electron chi connectivity index (χ4n) is 3.25. The predicted octanol–water partition coefficient (Wildman–Crippen LogP) is 2.17. The Kier molecular flexibility index (Phi) is 6.33. The number of aromatic nitrogens is 3. The first-order valence-electron chi connectivity index (χ1n) is 9.40. The molecule has 3 rings (SSSR count). The van der Waals surface area contributed by atoms with Gasteiger partial charge in [-0.25, -0.2) is 13.8 Å². The summed E-state index contributed by atoms with van der Waals surface area (Å²) in [6, 6.07) is 2.76. The number of nitrogens with one attached hydrogen (secondary N) is 2. The summed E-state index contributed by atoms with van der Waals surface area (Å²) in [5.41, 5.74) is -0.243. The van der Waals surface area contributed by atoms with Gasteiger partial charge in [0.15, 0.2) is 5.82 Å². The largest absolute Gasteiger partial charge is 0.351 e. The molecule has 28 heavy (non-hydrogen) atoms. The van der Waals surface area contributed by atoms with Gasteiger partial charge in [0.25, 0.3) is 5.91 Å². The summed E-state index contributed by atoms with van der Waals surface area (Å²) in [6.45, 7) is 3.32. The molecule has 9 heteroatoms. The maximum Gasteiger partial charge on any atom is 0.254 e. The van der Waals surface area contributed by atoms with Crippen LogP contribution in [0.3, 0.4) is 0 Å². The summed E-state index contributed by atoms with van der Waals surface area (Å²) in [6.07, 6.45) is 2.51. The highest BCUT2D eigenvalue weighted by Crippen LogP contribution is 2.25. The topological polar surface area (TPSA) is 91.0 Å². The summed E-state index contributed by atoms with van der Waals surface area (Å²) in [5, 5.41) is 9.67. The van der Waals surface area contributed by atoms with Crippen molar-refractivity contribution in [1.29, 1.82) is 0 Å². The predicted molar refractivity (Wildman–Crippen MR) is 97.6 cm³/mol. The third-order valence-corrected chi connectivity index (χ3v) is 4.90. The van der Waals surface area contributed by atoms with Crippen LogP contribution in [0.15, 0.2) is 18.2 Å². The number of hydrogen-bond acceptors (Lipinski definition) is 4. The average Bonchev–Trinajstić information content (AvgIpc) is 3.17. The highest BCUT2D eigenvalue weighted by atomic mass is 19.1. The fraction of sp³-hybridized carbons (Fsp3) is 0.474. The summed E-state index contributed by atoms with van der Waals surface area (Å²) in [7, 11) is 0. The van der Waals surface area contributed by atoms with E-state index in [0.29, 0.717) is 19.2 Å². The van der Waals surface area contributed by atoms with Crippen LogP contribution in [0.2, 0.25) is 0 Å². The van der Waals surface area contributed by atoms with Crippen molar-refractivity contribution in [1.82, 2.24) is 25.4 Å². The molecule has 150 valence electrons. The monoisotopic (exact) mass is 391 g/mol. The number of aryl methyl sites for hydroxylation is 1. The Hall–Kier alpha value is -2.84. The van der Waals surface area contributed by atoms with Crippen molar-refractivity contribution in [2.75, 3.05) is 19.6 Å². The van der Waals surface area contributed by atoms with Crippen LogP contribution in [0, 0.1) is 11.6 Å². The van der Waals surface area contributed by atoms with Crippen LogP contribution in [0.1, 0.15) is 54.1 Å². The molecule has 0 spiro atoms. The molecule has 0 radical (unpaired) electrons. The van der Waals surface area contributed by atoms with E-state index in [-0.39, 0.29) is 30.4 Å². The van der Waals surface area contributed by atoms with Gasteiger partial charge in [-0.3, -0.25) is 14.7 Å². The molecule has 1 fully saturated rings. The highest BCUT2D eigenvalue weighted by Gasteiger charge is 2.26. The molecule has 1 aliphatic heterocycles. The van der Waals surface area contributed by atoms with Crippen LogP contribution < -0.4 is 5.32 Å². The van der Waals surface area contributed by atoms with Gasteiger partial charge in [0.05, 0.1) is 5.56 Å². The minimum absolute atomic E-state index is 0.0671. The first kappa shape index (κ1) is 19.9. The second-order valence-corrected chi connectivity index (χ2v) is 6.78. The molecule has 2 aromatic rings. The van der Waals surface area contributed by atoms with E-state index in [9.17, 15) is 18.4 Å². The standard InChI is InChI=1S/C19H23F2N5O2/c1-2-16-23-18(25-24-16)12-6-9-26(10-7-12)17(27)5-8-22-19(28)14-4-3-13(20)11-15(14)21/h3-4,11-12H,2,5-10H2,1H3,(H,22,28)(H,23,24,25). The molecule has 1 saturated heterocycles. The van der Waals surface area contributed by atoms with E-state index in [2.05, 4.69) is 20.5 Å². The maximum absolute atomic E-state index is 13.6. The second kappa shape index (κ2) is 8.90. The van der Waals surface area contributed by atoms with E-state index < -0.39 is 17.5 Å². The molecule has 1 aromatic carbocycles. The number of rotatable bonds is 6. The first-order valence-corrected chi connectivity index (χ1v) is 9.40. The lowest BCUT2D eigenvalue weighted by Crippen LogP contribution is -2.39. The van der Waals surface area contributed by atoms with E-state index in [1.807, 2.05) is 6.92 Å². The Bertz CT molecular complexity index is 847. The van der Waals surface area contributed by atoms with Gasteiger partial charge in [0.2, 0.25) is 5.91 Å². The second-order valence-electron chi connectivity index (χ2n) is 6.78. The molecule has 0 aliphatic carbocycles. The molecular formula is C19H23F2N5O2. The zero-order valence-corrected chi connectivity index (χ0v) is 15.7. The van der Waals surface area contributed by atoms with Crippen molar-refractivity contribution in [2.45, 2.75) is 38.5 Å². The molecule has 1 aliphatic rings. The SMILES string of the molecule is CCc1nc(C2CCN(C(=O)CCNC(=O)c3ccc(F)cc3F)CC2)n[nH]1. The van der Waals surface area contributed by atoms with E-state index in [1.165, 1.54) is 0 Å². The lowest BCUT2D eigenvalue weighted by molar-refractivity contribution is -0.132. The molecule has 0 saturated carbocycles. The van der Waals surface area contributed by atoms with Gasteiger partial charge in [-0.2, -0.15) is 5.10 Å². The number of nitrogens with zero attached hydrogens (tertiary/aromatic N) is 3. The van der Waals surface area contributed by atoms with E-state index >= 15 is 0 Å². The zero-order valence-electron chi connectivity index (χ0n) is 15.7. The van der Waals surface area contributed by atoms with Gasteiger partial charge >= 0.3 is 0 Å². The third kappa shape index (κ3) is 4.71. The molecule has 2 heterocycles. The zero-order chi connectivity index (χ0) is 20.1. The van der Waals surface area contributed by atoms with Crippen LogP contribution in [-0.4, -0.2) is 51.5 Å². The molecule has 0 bridgehead atoms. The summed E-state index contributed by atoms with van der Waals surface area (Å²) in [4.78, 5) is 30.5. The minimum atomic E-state index is -0.927. The molecule has 2 amide bonds. The number of carbonyl (C=O) groups excluding carboxylic acids is 2. The number of hydrogen-bond donors (Lipinski definition) is 2. The third-order valence-electron chi connectivity index (χ3n) is 4.90. The smallest absolute Gasteiger partial charge is 0.254 e. The lowest BCUT2D eigenvalue weighted by Gasteiger charge is -2.30. The normalized spacial score (nSPS) is 14.9. The molecule has 0 unspecified atom stereocenters. The number of carbonyl (C=O) groups is 2. The summed E-state index contributed by atoms with van der Waals surface area (Å²) >= 11 is 0. The number of piperidine rings is 1. The quantitative estimate of drug-likeness (QED) is 0.790. The van der Waals surface area contributed by atoms with Gasteiger partial charge < -0.3 is 10.2 Å². The van der Waals surface area contributed by atoms with Gasteiger partial charge in [0, 0.05) is 44.5 Å². The molecular weight excluding hydrogens is 368 g/mol. The van der Waals surface area contributed by atoms with Crippen LogP contribution in [0.25, 0.3) is 0 Å². The number of amides is 2. The number of halogens is 2. The van der Waals surface area contributed by atoms with Crippen molar-refractivity contribution in [3.63, 3.8) is 0 Å². The molecule has 0 atom stereocenters. The summed E-state index contributed by atoms with van der Waals surface area (Å²) in [5.74, 6) is -0.503. The number of benzene rings is 1. The van der Waals surface area contributed by atoms with E-state index in [1.54, 1.807) is 4.90 Å². The van der Waals surface area contributed by atoms with Crippen LogP contribution in [-0.2, 0) is 11.2 Å². The van der Waals surface area contributed by atoms with Gasteiger partial charge in [-0.05, 0) is 25.0 Å². The lowest BCUT2D eigenvalue weighted by atomic mass is 9.96. The maximum atomic E-state index is 13.6. The Balaban J connectivity index is 1.42. The number of H-pyrrole nitrogens is 1. The van der Waals surface area contributed by atoms with Gasteiger partial charge in [0.1, 0.15) is 17.5 Å². The van der Waals surface area contributed by atoms with E-state index in [0.717, 1.165) is 43.0 Å². The van der Waals surface area contributed by atoms with Crippen LogP contribution in [0.5, 0.6) is 0 Å².